The third kappa shape index (κ3) is 3.90. The van der Waals surface area contributed by atoms with Gasteiger partial charge in [-0.25, -0.2) is 0 Å². The minimum absolute atomic E-state index is 0. The number of carbonyl (C=O) groups excluding carboxylic acids is 1. The van der Waals surface area contributed by atoms with E-state index in [9.17, 15) is 9.90 Å². The van der Waals surface area contributed by atoms with Gasteiger partial charge in [0.2, 0.25) is 0 Å². The molecular weight excluding hydrogens is 316 g/mol. The van der Waals surface area contributed by atoms with Crippen LogP contribution in [0.5, 0.6) is 0 Å². The zero-order valence-electron chi connectivity index (χ0n) is 12.9. The summed E-state index contributed by atoms with van der Waals surface area (Å²) in [4.78, 5) is 12.3. The highest BCUT2D eigenvalue weighted by atomic mass is 35.5. The summed E-state index contributed by atoms with van der Waals surface area (Å²) in [6, 6.07) is 7.55. The van der Waals surface area contributed by atoms with Crippen LogP contribution in [0.1, 0.15) is 45.9 Å². The van der Waals surface area contributed by atoms with Crippen molar-refractivity contribution in [1.82, 2.24) is 20.8 Å². The summed E-state index contributed by atoms with van der Waals surface area (Å²) >= 11 is 0. The van der Waals surface area contributed by atoms with Crippen LogP contribution in [0, 0.1) is 0 Å². The summed E-state index contributed by atoms with van der Waals surface area (Å²) < 4.78 is 0. The molecule has 6 nitrogen and oxygen atoms in total. The quantitative estimate of drug-likeness (QED) is 0.680. The number of nitrogens with one attached hydrogen (secondary N) is 3. The van der Waals surface area contributed by atoms with Gasteiger partial charge >= 0.3 is 0 Å². The van der Waals surface area contributed by atoms with E-state index >= 15 is 0 Å². The lowest BCUT2D eigenvalue weighted by Gasteiger charge is -2.13. The SMILES string of the molecule is CC(O)c1ccc(CNC(=O)c2n[nH]c3c2CNCC3)cc1.Cl. The van der Waals surface area contributed by atoms with Gasteiger partial charge in [0.15, 0.2) is 5.69 Å². The number of aliphatic hydroxyl groups is 1. The first-order valence-electron chi connectivity index (χ1n) is 7.47. The van der Waals surface area contributed by atoms with Crippen LogP contribution in [0.3, 0.4) is 0 Å². The largest absolute Gasteiger partial charge is 0.389 e. The van der Waals surface area contributed by atoms with E-state index in [4.69, 9.17) is 0 Å². The van der Waals surface area contributed by atoms with Gasteiger partial charge in [0.25, 0.3) is 5.91 Å². The second-order valence-corrected chi connectivity index (χ2v) is 5.56. The zero-order valence-corrected chi connectivity index (χ0v) is 13.7. The summed E-state index contributed by atoms with van der Waals surface area (Å²) in [7, 11) is 0. The van der Waals surface area contributed by atoms with Gasteiger partial charge < -0.3 is 15.7 Å². The molecule has 4 N–H and O–H groups in total. The van der Waals surface area contributed by atoms with Crippen molar-refractivity contribution in [2.24, 2.45) is 0 Å². The maximum absolute atomic E-state index is 12.3. The molecule has 1 aromatic carbocycles. The van der Waals surface area contributed by atoms with Gasteiger partial charge in [-0.15, -0.1) is 12.4 Å². The molecule has 124 valence electrons. The maximum atomic E-state index is 12.3. The first-order valence-corrected chi connectivity index (χ1v) is 7.47. The summed E-state index contributed by atoms with van der Waals surface area (Å²) in [5.41, 5.74) is 4.34. The lowest BCUT2D eigenvalue weighted by Crippen LogP contribution is -2.28. The number of carbonyl (C=O) groups is 1. The van der Waals surface area contributed by atoms with Gasteiger partial charge in [-0.1, -0.05) is 24.3 Å². The molecule has 1 atom stereocenters. The number of H-pyrrole nitrogens is 1. The predicted molar refractivity (Wildman–Crippen MR) is 89.5 cm³/mol. The first kappa shape index (κ1) is 17.5. The van der Waals surface area contributed by atoms with E-state index in [1.807, 2.05) is 24.3 Å². The van der Waals surface area contributed by atoms with Gasteiger partial charge in [0, 0.05) is 37.3 Å². The van der Waals surface area contributed by atoms with Crippen molar-refractivity contribution in [3.8, 4) is 0 Å². The molecule has 0 fully saturated rings. The highest BCUT2D eigenvalue weighted by molar-refractivity contribution is 5.94. The number of hydrogen-bond donors (Lipinski definition) is 4. The van der Waals surface area contributed by atoms with Crippen molar-refractivity contribution < 1.29 is 9.90 Å². The van der Waals surface area contributed by atoms with Crippen LogP contribution < -0.4 is 10.6 Å². The smallest absolute Gasteiger partial charge is 0.272 e. The Bertz CT molecular complexity index is 667. The average molecular weight is 337 g/mol. The van der Waals surface area contributed by atoms with Gasteiger partial charge in [-0.05, 0) is 18.1 Å². The molecule has 1 aliphatic rings. The number of hydrogen-bond acceptors (Lipinski definition) is 4. The second kappa shape index (κ2) is 7.59. The van der Waals surface area contributed by atoms with Crippen LogP contribution >= 0.6 is 12.4 Å². The van der Waals surface area contributed by atoms with Gasteiger partial charge in [0.1, 0.15) is 0 Å². The topological polar surface area (TPSA) is 90.0 Å². The van der Waals surface area contributed by atoms with Crippen molar-refractivity contribution in [1.29, 1.82) is 0 Å². The van der Waals surface area contributed by atoms with Crippen molar-refractivity contribution in [3.05, 3.63) is 52.3 Å². The monoisotopic (exact) mass is 336 g/mol. The van der Waals surface area contributed by atoms with E-state index in [2.05, 4.69) is 20.8 Å². The molecule has 1 amide bonds. The summed E-state index contributed by atoms with van der Waals surface area (Å²) in [5.74, 6) is -0.166. The average Bonchev–Trinajstić information content (AvgIpc) is 2.97. The van der Waals surface area contributed by atoms with Crippen LogP contribution in [0.25, 0.3) is 0 Å². The number of amides is 1. The number of aromatic nitrogens is 2. The Morgan fingerprint density at radius 1 is 1.39 bits per heavy atom. The van der Waals surface area contributed by atoms with E-state index < -0.39 is 6.10 Å². The van der Waals surface area contributed by atoms with Crippen LogP contribution in [0.15, 0.2) is 24.3 Å². The fourth-order valence-corrected chi connectivity index (χ4v) is 2.59. The molecule has 1 aromatic heterocycles. The number of benzene rings is 1. The molecule has 2 heterocycles. The molecule has 0 bridgehead atoms. The normalized spacial score (nSPS) is 14.5. The molecule has 7 heteroatoms. The van der Waals surface area contributed by atoms with Gasteiger partial charge in [-0.2, -0.15) is 5.10 Å². The Balaban J connectivity index is 0.00000192. The summed E-state index contributed by atoms with van der Waals surface area (Å²) in [6.07, 6.45) is 0.392. The highest BCUT2D eigenvalue weighted by Crippen LogP contribution is 2.16. The maximum Gasteiger partial charge on any atom is 0.272 e. The third-order valence-electron chi connectivity index (χ3n) is 3.94. The molecule has 0 spiro atoms. The van der Waals surface area contributed by atoms with Crippen LogP contribution in [-0.2, 0) is 19.5 Å². The fraction of sp³-hybridized carbons (Fsp3) is 0.375. The van der Waals surface area contributed by atoms with Crippen LogP contribution in [0.4, 0.5) is 0 Å². The fourth-order valence-electron chi connectivity index (χ4n) is 2.59. The lowest BCUT2D eigenvalue weighted by molar-refractivity contribution is 0.0944. The molecule has 0 saturated heterocycles. The van der Waals surface area contributed by atoms with E-state index in [0.717, 1.165) is 35.3 Å². The van der Waals surface area contributed by atoms with E-state index in [0.29, 0.717) is 18.8 Å². The number of nitrogens with zero attached hydrogens (tertiary/aromatic N) is 1. The minimum atomic E-state index is -0.480. The number of fused-ring (bicyclic) bond motifs is 1. The Hall–Kier alpha value is -1.89. The van der Waals surface area contributed by atoms with E-state index in [1.54, 1.807) is 6.92 Å². The minimum Gasteiger partial charge on any atom is -0.389 e. The molecule has 0 saturated carbocycles. The van der Waals surface area contributed by atoms with Gasteiger partial charge in [-0.3, -0.25) is 9.89 Å². The van der Waals surface area contributed by atoms with Crippen molar-refractivity contribution in [2.45, 2.75) is 32.5 Å². The Kier molecular flexibility index (Phi) is 5.76. The summed E-state index contributed by atoms with van der Waals surface area (Å²) in [5, 5.41) is 22.7. The summed E-state index contributed by atoms with van der Waals surface area (Å²) in [6.45, 7) is 3.75. The Morgan fingerprint density at radius 3 is 2.83 bits per heavy atom. The van der Waals surface area contributed by atoms with Crippen molar-refractivity contribution in [2.75, 3.05) is 6.54 Å². The van der Waals surface area contributed by atoms with Crippen LogP contribution in [-0.4, -0.2) is 27.8 Å². The first-order chi connectivity index (χ1) is 10.6. The van der Waals surface area contributed by atoms with Crippen molar-refractivity contribution in [3.63, 3.8) is 0 Å². The molecule has 0 radical (unpaired) electrons. The molecular formula is C16H21ClN4O2. The number of halogens is 1. The second-order valence-electron chi connectivity index (χ2n) is 5.56. The highest BCUT2D eigenvalue weighted by Gasteiger charge is 2.21. The lowest BCUT2D eigenvalue weighted by atomic mass is 10.1. The number of aromatic amines is 1. The zero-order chi connectivity index (χ0) is 15.5. The molecule has 2 aromatic rings. The molecule has 1 aliphatic heterocycles. The molecule has 0 aliphatic carbocycles. The number of aliphatic hydroxyl groups excluding tert-OH is 1. The molecule has 3 rings (SSSR count). The van der Waals surface area contributed by atoms with Crippen LogP contribution in [0.2, 0.25) is 0 Å². The number of rotatable bonds is 4. The van der Waals surface area contributed by atoms with Crippen molar-refractivity contribution >= 4 is 18.3 Å². The standard InChI is InChI=1S/C16H20N4O2.ClH/c1-10(21)12-4-2-11(3-5-12)8-18-16(22)15-13-9-17-7-6-14(13)19-20-15;/h2-5,10,17,21H,6-9H2,1H3,(H,18,22)(H,19,20);1H. The molecule has 23 heavy (non-hydrogen) atoms. The van der Waals surface area contributed by atoms with E-state index in [-0.39, 0.29) is 18.3 Å². The Morgan fingerprint density at radius 2 is 2.13 bits per heavy atom. The Labute approximate surface area is 141 Å². The van der Waals surface area contributed by atoms with E-state index in [1.165, 1.54) is 0 Å². The van der Waals surface area contributed by atoms with Gasteiger partial charge in [0.05, 0.1) is 6.10 Å². The predicted octanol–water partition coefficient (Wildman–Crippen LogP) is 1.46. The molecule has 1 unspecified atom stereocenters. The third-order valence-corrected chi connectivity index (χ3v) is 3.94.